The number of benzene rings is 1. The lowest BCUT2D eigenvalue weighted by atomic mass is 10.2. The Hall–Kier alpha value is -0.670. The van der Waals surface area contributed by atoms with Crippen LogP contribution in [0.4, 0.5) is 0 Å². The Labute approximate surface area is 118 Å². The zero-order valence-electron chi connectivity index (χ0n) is 11.1. The maximum Gasteiger partial charge on any atom is 0.233 e. The Bertz CT molecular complexity index is 380. The molecule has 1 aromatic carbocycles. The molecular weight excluding hydrogens is 266 g/mol. The number of halogens is 1. The quantitative estimate of drug-likeness (QED) is 0.797. The molecule has 1 amide bonds. The lowest BCUT2D eigenvalue weighted by Gasteiger charge is -2.16. The van der Waals surface area contributed by atoms with E-state index in [4.69, 9.17) is 11.6 Å². The van der Waals surface area contributed by atoms with Crippen molar-refractivity contribution >= 4 is 29.3 Å². The van der Waals surface area contributed by atoms with Crippen molar-refractivity contribution in [2.75, 3.05) is 0 Å². The number of thioether (sulfide) groups is 1. The van der Waals surface area contributed by atoms with E-state index in [-0.39, 0.29) is 17.2 Å². The number of amides is 1. The summed E-state index contributed by atoms with van der Waals surface area (Å²) in [6, 6.07) is 7.80. The summed E-state index contributed by atoms with van der Waals surface area (Å²) in [6.45, 7) is 6.09. The largest absolute Gasteiger partial charge is 0.353 e. The molecule has 0 aromatic heterocycles. The van der Waals surface area contributed by atoms with E-state index in [1.54, 1.807) is 11.8 Å². The predicted octanol–water partition coefficient (Wildman–Crippen LogP) is 4.13. The molecule has 0 unspecified atom stereocenters. The van der Waals surface area contributed by atoms with Crippen molar-refractivity contribution in [3.05, 3.63) is 29.3 Å². The lowest BCUT2D eigenvalue weighted by molar-refractivity contribution is -0.120. The first-order valence-corrected chi connectivity index (χ1v) is 7.51. The summed E-state index contributed by atoms with van der Waals surface area (Å²) in [4.78, 5) is 13.0. The van der Waals surface area contributed by atoms with Gasteiger partial charge in [-0.3, -0.25) is 4.79 Å². The normalized spacial score (nSPS) is 14.0. The monoisotopic (exact) mass is 285 g/mol. The first kappa shape index (κ1) is 15.4. The molecule has 0 spiro atoms. The number of carbonyl (C=O) groups excluding carboxylic acids is 1. The minimum Gasteiger partial charge on any atom is -0.353 e. The number of nitrogens with one attached hydrogen (secondary N) is 1. The van der Waals surface area contributed by atoms with E-state index in [0.717, 1.165) is 17.7 Å². The second-order valence-corrected chi connectivity index (χ2v) is 6.26. The van der Waals surface area contributed by atoms with Crippen LogP contribution in [0.2, 0.25) is 5.02 Å². The van der Waals surface area contributed by atoms with Gasteiger partial charge in [0.2, 0.25) is 5.91 Å². The van der Waals surface area contributed by atoms with Gasteiger partial charge >= 0.3 is 0 Å². The van der Waals surface area contributed by atoms with Crippen LogP contribution in [0.1, 0.15) is 33.6 Å². The van der Waals surface area contributed by atoms with Gasteiger partial charge in [0.05, 0.1) is 5.25 Å². The predicted molar refractivity (Wildman–Crippen MR) is 79.3 cm³/mol. The van der Waals surface area contributed by atoms with E-state index in [2.05, 4.69) is 12.2 Å². The Morgan fingerprint density at radius 3 is 2.50 bits per heavy atom. The highest BCUT2D eigenvalue weighted by molar-refractivity contribution is 8.00. The summed E-state index contributed by atoms with van der Waals surface area (Å²) in [5, 5.41) is 3.65. The molecule has 4 heteroatoms. The van der Waals surface area contributed by atoms with Gasteiger partial charge in [-0.1, -0.05) is 24.9 Å². The van der Waals surface area contributed by atoms with Crippen molar-refractivity contribution in [1.82, 2.24) is 5.32 Å². The smallest absolute Gasteiger partial charge is 0.233 e. The fourth-order valence-corrected chi connectivity index (χ4v) is 2.64. The molecule has 18 heavy (non-hydrogen) atoms. The van der Waals surface area contributed by atoms with Gasteiger partial charge < -0.3 is 5.32 Å². The van der Waals surface area contributed by atoms with Crippen LogP contribution in [0.15, 0.2) is 29.2 Å². The fraction of sp³-hybridized carbons (Fsp3) is 0.500. The second-order valence-electron chi connectivity index (χ2n) is 4.41. The molecule has 2 atom stereocenters. The molecule has 100 valence electrons. The van der Waals surface area contributed by atoms with Crippen molar-refractivity contribution in [3.8, 4) is 0 Å². The molecule has 0 saturated carbocycles. The Balaban J connectivity index is 2.46. The van der Waals surface area contributed by atoms with Gasteiger partial charge in [-0.25, -0.2) is 0 Å². The third-order valence-corrected chi connectivity index (χ3v) is 3.97. The minimum atomic E-state index is -0.0921. The third-order valence-electron chi connectivity index (χ3n) is 2.61. The molecule has 0 bridgehead atoms. The first-order chi connectivity index (χ1) is 8.52. The summed E-state index contributed by atoms with van der Waals surface area (Å²) >= 11 is 7.38. The maximum atomic E-state index is 11.9. The highest BCUT2D eigenvalue weighted by Gasteiger charge is 2.15. The van der Waals surface area contributed by atoms with E-state index >= 15 is 0 Å². The average molecular weight is 286 g/mol. The highest BCUT2D eigenvalue weighted by atomic mass is 35.5. The molecule has 0 aliphatic rings. The van der Waals surface area contributed by atoms with Gasteiger partial charge in [0.15, 0.2) is 0 Å². The average Bonchev–Trinajstić information content (AvgIpc) is 2.32. The summed E-state index contributed by atoms with van der Waals surface area (Å²) in [5.41, 5.74) is 0. The molecule has 0 aliphatic carbocycles. The van der Waals surface area contributed by atoms with Crippen LogP contribution in [-0.4, -0.2) is 17.2 Å². The van der Waals surface area contributed by atoms with E-state index in [1.807, 2.05) is 38.1 Å². The molecule has 0 fully saturated rings. The molecule has 2 nitrogen and oxygen atoms in total. The van der Waals surface area contributed by atoms with E-state index in [9.17, 15) is 4.79 Å². The lowest BCUT2D eigenvalue weighted by Crippen LogP contribution is -2.37. The van der Waals surface area contributed by atoms with E-state index in [1.165, 1.54) is 0 Å². The highest BCUT2D eigenvalue weighted by Crippen LogP contribution is 2.24. The molecule has 1 N–H and O–H groups in total. The molecule has 0 aliphatic heterocycles. The molecule has 1 rings (SSSR count). The van der Waals surface area contributed by atoms with Gasteiger partial charge in [0.1, 0.15) is 0 Å². The number of hydrogen-bond acceptors (Lipinski definition) is 2. The zero-order chi connectivity index (χ0) is 13.5. The van der Waals surface area contributed by atoms with Crippen molar-refractivity contribution in [2.24, 2.45) is 0 Å². The number of carbonyl (C=O) groups is 1. The van der Waals surface area contributed by atoms with Crippen LogP contribution in [0, 0.1) is 0 Å². The van der Waals surface area contributed by atoms with Crippen molar-refractivity contribution in [2.45, 2.75) is 49.8 Å². The van der Waals surface area contributed by atoms with Gasteiger partial charge in [-0.05, 0) is 44.5 Å². The zero-order valence-corrected chi connectivity index (χ0v) is 12.6. The van der Waals surface area contributed by atoms with Gasteiger partial charge in [0, 0.05) is 16.0 Å². The fourth-order valence-electron chi connectivity index (χ4n) is 1.64. The summed E-state index contributed by atoms with van der Waals surface area (Å²) in [5.74, 6) is 0.0934. The minimum absolute atomic E-state index is 0.0921. The molecule has 0 saturated heterocycles. The Kier molecular flexibility index (Phi) is 6.58. The van der Waals surface area contributed by atoms with Crippen molar-refractivity contribution in [1.29, 1.82) is 0 Å². The molecular formula is C14H20ClNOS. The van der Waals surface area contributed by atoms with Crippen molar-refractivity contribution in [3.63, 3.8) is 0 Å². The summed E-state index contributed by atoms with van der Waals surface area (Å²) < 4.78 is 0. The SMILES string of the molecule is CCC[C@H](C)NC(=O)[C@H](C)Sc1ccc(Cl)cc1. The molecule has 1 aromatic rings. The van der Waals surface area contributed by atoms with Crippen LogP contribution in [0.25, 0.3) is 0 Å². The topological polar surface area (TPSA) is 29.1 Å². The van der Waals surface area contributed by atoms with Crippen molar-refractivity contribution < 1.29 is 4.79 Å². The van der Waals surface area contributed by atoms with Crippen LogP contribution in [0.5, 0.6) is 0 Å². The van der Waals surface area contributed by atoms with Crippen LogP contribution in [-0.2, 0) is 4.79 Å². The Morgan fingerprint density at radius 1 is 1.33 bits per heavy atom. The summed E-state index contributed by atoms with van der Waals surface area (Å²) in [6.07, 6.45) is 2.10. The van der Waals surface area contributed by atoms with Gasteiger partial charge in [-0.2, -0.15) is 0 Å². The van der Waals surface area contributed by atoms with Gasteiger partial charge in [0.25, 0.3) is 0 Å². The van der Waals surface area contributed by atoms with E-state index < -0.39 is 0 Å². The maximum absolute atomic E-state index is 11.9. The molecule has 0 heterocycles. The van der Waals surface area contributed by atoms with Crippen LogP contribution >= 0.6 is 23.4 Å². The third kappa shape index (κ3) is 5.32. The van der Waals surface area contributed by atoms with Gasteiger partial charge in [-0.15, -0.1) is 11.8 Å². The molecule has 0 radical (unpaired) electrons. The van der Waals surface area contributed by atoms with Crippen LogP contribution < -0.4 is 5.32 Å². The van der Waals surface area contributed by atoms with E-state index in [0.29, 0.717) is 5.02 Å². The summed E-state index contributed by atoms with van der Waals surface area (Å²) in [7, 11) is 0. The second kappa shape index (κ2) is 7.70. The Morgan fingerprint density at radius 2 is 1.94 bits per heavy atom. The van der Waals surface area contributed by atoms with Crippen LogP contribution in [0.3, 0.4) is 0 Å². The standard InChI is InChI=1S/C14H20ClNOS/c1-4-5-10(2)16-14(17)11(3)18-13-8-6-12(15)7-9-13/h6-11H,4-5H2,1-3H3,(H,16,17)/t10-,11-/m0/s1. The first-order valence-electron chi connectivity index (χ1n) is 6.25. The number of rotatable bonds is 6. The number of hydrogen-bond donors (Lipinski definition) is 1.